The average molecular weight is 151 g/mol. The van der Waals surface area contributed by atoms with Crippen LogP contribution in [-0.2, 0) is 6.42 Å². The summed E-state index contributed by atoms with van der Waals surface area (Å²) in [5, 5.41) is 0. The molecule has 11 heavy (non-hydrogen) atoms. The minimum atomic E-state index is 1.07. The third kappa shape index (κ3) is 1.23. The molecule has 0 bridgehead atoms. The number of aromatic nitrogens is 2. The standard InChI is InChI=1S/C8H13N3/c1-7-6-11-8(10-7)4-2-3-5-9-11/h6,9H,2-5H2,1H3. The molecule has 1 aliphatic heterocycles. The summed E-state index contributed by atoms with van der Waals surface area (Å²) in [4.78, 5) is 4.41. The Morgan fingerprint density at radius 2 is 2.45 bits per heavy atom. The molecule has 0 saturated carbocycles. The first kappa shape index (κ1) is 6.70. The van der Waals surface area contributed by atoms with Gasteiger partial charge in [0.25, 0.3) is 0 Å². The van der Waals surface area contributed by atoms with E-state index in [0.29, 0.717) is 0 Å². The minimum absolute atomic E-state index is 1.07. The van der Waals surface area contributed by atoms with Crippen molar-refractivity contribution in [1.82, 2.24) is 9.66 Å². The molecule has 0 spiro atoms. The zero-order valence-corrected chi connectivity index (χ0v) is 6.80. The van der Waals surface area contributed by atoms with Crippen molar-refractivity contribution in [3.8, 4) is 0 Å². The summed E-state index contributed by atoms with van der Waals surface area (Å²) in [5.41, 5.74) is 4.41. The molecule has 0 aliphatic carbocycles. The fourth-order valence-electron chi connectivity index (χ4n) is 1.47. The third-order valence-corrected chi connectivity index (χ3v) is 2.01. The maximum absolute atomic E-state index is 4.41. The zero-order chi connectivity index (χ0) is 7.68. The highest BCUT2D eigenvalue weighted by Crippen LogP contribution is 2.07. The SMILES string of the molecule is Cc1cn2c(n1)CCCCN2. The van der Waals surface area contributed by atoms with Gasteiger partial charge < -0.3 is 5.43 Å². The highest BCUT2D eigenvalue weighted by molar-refractivity contribution is 5.05. The molecule has 0 fully saturated rings. The van der Waals surface area contributed by atoms with Gasteiger partial charge >= 0.3 is 0 Å². The molecule has 0 radical (unpaired) electrons. The van der Waals surface area contributed by atoms with E-state index in [4.69, 9.17) is 0 Å². The van der Waals surface area contributed by atoms with Crippen molar-refractivity contribution < 1.29 is 0 Å². The summed E-state index contributed by atoms with van der Waals surface area (Å²) in [7, 11) is 0. The number of rotatable bonds is 0. The maximum Gasteiger partial charge on any atom is 0.127 e. The van der Waals surface area contributed by atoms with Crippen LogP contribution in [-0.4, -0.2) is 16.2 Å². The van der Waals surface area contributed by atoms with Crippen LogP contribution < -0.4 is 5.43 Å². The van der Waals surface area contributed by atoms with Gasteiger partial charge in [0.15, 0.2) is 0 Å². The van der Waals surface area contributed by atoms with Crippen LogP contribution in [0.3, 0.4) is 0 Å². The van der Waals surface area contributed by atoms with Crippen molar-refractivity contribution in [2.75, 3.05) is 12.0 Å². The first-order chi connectivity index (χ1) is 5.36. The summed E-state index contributed by atoms with van der Waals surface area (Å²) in [6.07, 6.45) is 5.67. The Morgan fingerprint density at radius 1 is 1.55 bits per heavy atom. The van der Waals surface area contributed by atoms with Gasteiger partial charge in [0, 0.05) is 19.2 Å². The molecule has 1 N–H and O–H groups in total. The number of aryl methyl sites for hydroxylation is 2. The van der Waals surface area contributed by atoms with Crippen LogP contribution in [0.4, 0.5) is 0 Å². The molecule has 0 saturated heterocycles. The molecule has 60 valence electrons. The topological polar surface area (TPSA) is 29.9 Å². The Kier molecular flexibility index (Phi) is 1.56. The molecule has 1 aromatic heterocycles. The van der Waals surface area contributed by atoms with E-state index in [1.165, 1.54) is 18.7 Å². The summed E-state index contributed by atoms with van der Waals surface area (Å²) >= 11 is 0. The second-order valence-electron chi connectivity index (χ2n) is 3.03. The summed E-state index contributed by atoms with van der Waals surface area (Å²) in [6.45, 7) is 3.10. The molecule has 0 aromatic carbocycles. The Morgan fingerprint density at radius 3 is 3.36 bits per heavy atom. The molecule has 1 aliphatic rings. The van der Waals surface area contributed by atoms with Gasteiger partial charge in [0.2, 0.25) is 0 Å². The van der Waals surface area contributed by atoms with E-state index < -0.39 is 0 Å². The molecule has 1 aromatic rings. The zero-order valence-electron chi connectivity index (χ0n) is 6.80. The molecule has 0 unspecified atom stereocenters. The highest BCUT2D eigenvalue weighted by atomic mass is 15.4. The first-order valence-electron chi connectivity index (χ1n) is 4.15. The number of imidazole rings is 1. The summed E-state index contributed by atoms with van der Waals surface area (Å²) in [6, 6.07) is 0. The molecule has 0 atom stereocenters. The highest BCUT2D eigenvalue weighted by Gasteiger charge is 2.07. The molecule has 2 rings (SSSR count). The first-order valence-corrected chi connectivity index (χ1v) is 4.15. The lowest BCUT2D eigenvalue weighted by atomic mass is 10.2. The monoisotopic (exact) mass is 151 g/mol. The number of hydrogen-bond acceptors (Lipinski definition) is 2. The van der Waals surface area contributed by atoms with E-state index in [1.54, 1.807) is 0 Å². The number of nitrogens with zero attached hydrogens (tertiary/aromatic N) is 2. The molecule has 3 nitrogen and oxygen atoms in total. The molecular formula is C8H13N3. The fraction of sp³-hybridized carbons (Fsp3) is 0.625. The van der Waals surface area contributed by atoms with Crippen molar-refractivity contribution in [3.63, 3.8) is 0 Å². The van der Waals surface area contributed by atoms with Gasteiger partial charge in [-0.25, -0.2) is 4.98 Å². The predicted octanol–water partition coefficient (Wildman–Crippen LogP) is 1.07. The van der Waals surface area contributed by atoms with Crippen molar-refractivity contribution >= 4 is 0 Å². The van der Waals surface area contributed by atoms with Gasteiger partial charge in [-0.05, 0) is 19.8 Å². The lowest BCUT2D eigenvalue weighted by Gasteiger charge is -2.03. The van der Waals surface area contributed by atoms with Crippen molar-refractivity contribution in [2.24, 2.45) is 0 Å². The molecule has 3 heteroatoms. The Labute approximate surface area is 66.4 Å². The van der Waals surface area contributed by atoms with E-state index in [1.807, 2.05) is 6.92 Å². The lowest BCUT2D eigenvalue weighted by Crippen LogP contribution is -2.14. The smallest absolute Gasteiger partial charge is 0.127 e. The van der Waals surface area contributed by atoms with Crippen LogP contribution in [0.15, 0.2) is 6.20 Å². The van der Waals surface area contributed by atoms with E-state index in [0.717, 1.165) is 18.7 Å². The van der Waals surface area contributed by atoms with Crippen LogP contribution in [0.1, 0.15) is 24.4 Å². The molecule has 0 amide bonds. The minimum Gasteiger partial charge on any atom is -0.325 e. The van der Waals surface area contributed by atoms with Crippen LogP contribution in [0.2, 0.25) is 0 Å². The Bertz CT molecular complexity index is 228. The second kappa shape index (κ2) is 2.57. The Hall–Kier alpha value is -0.990. The summed E-state index contributed by atoms with van der Waals surface area (Å²) < 4.78 is 2.06. The van der Waals surface area contributed by atoms with Crippen LogP contribution >= 0.6 is 0 Å². The molecule has 2 heterocycles. The van der Waals surface area contributed by atoms with Crippen molar-refractivity contribution in [1.29, 1.82) is 0 Å². The van der Waals surface area contributed by atoms with Gasteiger partial charge in [-0.2, -0.15) is 0 Å². The normalized spacial score (nSPS) is 16.8. The van der Waals surface area contributed by atoms with E-state index in [2.05, 4.69) is 21.3 Å². The van der Waals surface area contributed by atoms with Gasteiger partial charge in [-0.3, -0.25) is 4.68 Å². The molecular weight excluding hydrogens is 138 g/mol. The largest absolute Gasteiger partial charge is 0.325 e. The maximum atomic E-state index is 4.41. The van der Waals surface area contributed by atoms with Crippen LogP contribution in [0.25, 0.3) is 0 Å². The second-order valence-corrected chi connectivity index (χ2v) is 3.03. The van der Waals surface area contributed by atoms with Crippen LogP contribution in [0, 0.1) is 6.92 Å². The van der Waals surface area contributed by atoms with Gasteiger partial charge in [0.1, 0.15) is 5.82 Å². The van der Waals surface area contributed by atoms with Gasteiger partial charge in [-0.15, -0.1) is 0 Å². The van der Waals surface area contributed by atoms with E-state index in [9.17, 15) is 0 Å². The van der Waals surface area contributed by atoms with Crippen LogP contribution in [0.5, 0.6) is 0 Å². The van der Waals surface area contributed by atoms with Crippen molar-refractivity contribution in [3.05, 3.63) is 17.7 Å². The fourth-order valence-corrected chi connectivity index (χ4v) is 1.47. The van der Waals surface area contributed by atoms with E-state index >= 15 is 0 Å². The quantitative estimate of drug-likeness (QED) is 0.601. The van der Waals surface area contributed by atoms with Gasteiger partial charge in [0.05, 0.1) is 5.69 Å². The van der Waals surface area contributed by atoms with Gasteiger partial charge in [-0.1, -0.05) is 0 Å². The number of nitrogens with one attached hydrogen (secondary N) is 1. The van der Waals surface area contributed by atoms with Crippen molar-refractivity contribution in [2.45, 2.75) is 26.2 Å². The average Bonchev–Trinajstić information content (AvgIpc) is 2.17. The number of fused-ring (bicyclic) bond motifs is 1. The predicted molar refractivity (Wildman–Crippen MR) is 44.1 cm³/mol. The number of hydrogen-bond donors (Lipinski definition) is 1. The Balaban J connectivity index is 2.32. The third-order valence-electron chi connectivity index (χ3n) is 2.01. The van der Waals surface area contributed by atoms with E-state index in [-0.39, 0.29) is 0 Å². The summed E-state index contributed by atoms with van der Waals surface area (Å²) in [5.74, 6) is 1.18. The lowest BCUT2D eigenvalue weighted by molar-refractivity contribution is 0.773.